The molecule has 6 nitrogen and oxygen atoms in total. The van der Waals surface area contributed by atoms with E-state index in [0.717, 1.165) is 22.6 Å². The molecule has 190 valence electrons. The predicted molar refractivity (Wildman–Crippen MR) is 144 cm³/mol. The van der Waals surface area contributed by atoms with Crippen molar-refractivity contribution in [3.63, 3.8) is 0 Å². The van der Waals surface area contributed by atoms with Gasteiger partial charge < -0.3 is 15.4 Å². The van der Waals surface area contributed by atoms with Crippen LogP contribution in [0.4, 0.5) is 24.5 Å². The van der Waals surface area contributed by atoms with Gasteiger partial charge in [-0.3, -0.25) is 0 Å². The molecule has 2 aromatic carbocycles. The highest BCUT2D eigenvalue weighted by atomic mass is 32.2. The van der Waals surface area contributed by atoms with Crippen molar-refractivity contribution in [1.82, 2.24) is 15.0 Å². The van der Waals surface area contributed by atoms with E-state index in [4.69, 9.17) is 17.0 Å². The van der Waals surface area contributed by atoms with Crippen molar-refractivity contribution in [2.75, 3.05) is 10.6 Å². The molecule has 0 aliphatic rings. The van der Waals surface area contributed by atoms with Gasteiger partial charge in [-0.25, -0.2) is 15.0 Å². The highest BCUT2D eigenvalue weighted by Crippen LogP contribution is 2.37. The number of pyridine rings is 1. The Balaban J connectivity index is 1.45. The van der Waals surface area contributed by atoms with E-state index >= 15 is 0 Å². The topological polar surface area (TPSA) is 72.0 Å². The number of hydrogen-bond donors (Lipinski definition) is 2. The summed E-state index contributed by atoms with van der Waals surface area (Å²) in [4.78, 5) is 13.3. The zero-order valence-corrected chi connectivity index (χ0v) is 21.5. The predicted octanol–water partition coefficient (Wildman–Crippen LogP) is 7.62. The number of aromatic nitrogens is 3. The number of nitrogens with one attached hydrogen (secondary N) is 2. The first-order chi connectivity index (χ1) is 17.7. The van der Waals surface area contributed by atoms with Crippen molar-refractivity contribution >= 4 is 40.5 Å². The van der Waals surface area contributed by atoms with Crippen LogP contribution in [0.3, 0.4) is 0 Å². The Morgan fingerprint density at radius 3 is 2.49 bits per heavy atom. The first-order valence-corrected chi connectivity index (χ1v) is 12.4. The molecule has 2 aromatic heterocycles. The maximum atomic E-state index is 12.7. The third-order valence-electron chi connectivity index (χ3n) is 5.03. The van der Waals surface area contributed by atoms with Crippen LogP contribution in [0.2, 0.25) is 0 Å². The van der Waals surface area contributed by atoms with E-state index in [1.54, 1.807) is 30.6 Å². The van der Waals surface area contributed by atoms with Crippen molar-refractivity contribution in [3.8, 4) is 22.9 Å². The Morgan fingerprint density at radius 1 is 0.973 bits per heavy atom. The molecule has 11 heteroatoms. The van der Waals surface area contributed by atoms with E-state index < -0.39 is 5.51 Å². The van der Waals surface area contributed by atoms with Crippen molar-refractivity contribution in [2.45, 2.75) is 30.7 Å². The van der Waals surface area contributed by atoms with Crippen LogP contribution in [-0.2, 0) is 6.42 Å². The number of aryl methyl sites for hydroxylation is 2. The van der Waals surface area contributed by atoms with Gasteiger partial charge in [-0.05, 0) is 91.1 Å². The lowest BCUT2D eigenvalue weighted by Gasteiger charge is -2.15. The van der Waals surface area contributed by atoms with Crippen LogP contribution in [0.5, 0.6) is 11.6 Å². The number of thioether (sulfide) groups is 1. The summed E-state index contributed by atoms with van der Waals surface area (Å²) in [6, 6.07) is 16.9. The van der Waals surface area contributed by atoms with E-state index in [2.05, 4.69) is 25.6 Å². The molecule has 0 saturated carbocycles. The lowest BCUT2D eigenvalue weighted by molar-refractivity contribution is -0.0328. The number of alkyl halides is 3. The summed E-state index contributed by atoms with van der Waals surface area (Å²) in [7, 11) is 0. The van der Waals surface area contributed by atoms with Crippen LogP contribution >= 0.6 is 24.0 Å². The van der Waals surface area contributed by atoms with Gasteiger partial charge in [-0.2, -0.15) is 13.2 Å². The maximum Gasteiger partial charge on any atom is 0.446 e. The van der Waals surface area contributed by atoms with E-state index in [0.29, 0.717) is 29.4 Å². The average Bonchev–Trinajstić information content (AvgIpc) is 2.85. The summed E-state index contributed by atoms with van der Waals surface area (Å²) < 4.78 is 44.1. The summed E-state index contributed by atoms with van der Waals surface area (Å²) in [6.45, 7) is 3.88. The smallest absolute Gasteiger partial charge is 0.438 e. The first kappa shape index (κ1) is 26.4. The summed E-state index contributed by atoms with van der Waals surface area (Å²) in [5, 5.41) is 6.20. The molecule has 0 saturated heterocycles. The summed E-state index contributed by atoms with van der Waals surface area (Å²) >= 11 is 5.16. The Kier molecular flexibility index (Phi) is 8.24. The molecule has 0 aliphatic carbocycles. The second kappa shape index (κ2) is 11.6. The Morgan fingerprint density at radius 2 is 1.76 bits per heavy atom. The minimum absolute atomic E-state index is 0.0689. The molecule has 0 spiro atoms. The fraction of sp³-hybridized carbons (Fsp3) is 0.154. The number of ether oxygens (including phenoxy) is 1. The fourth-order valence-electron chi connectivity index (χ4n) is 3.40. The number of hydrogen-bond acceptors (Lipinski definition) is 6. The van der Waals surface area contributed by atoms with Crippen molar-refractivity contribution in [2.24, 2.45) is 0 Å². The zero-order valence-electron chi connectivity index (χ0n) is 19.8. The highest BCUT2D eigenvalue weighted by Gasteiger charge is 2.29. The molecule has 0 amide bonds. The summed E-state index contributed by atoms with van der Waals surface area (Å²) in [5.41, 5.74) is -0.931. The van der Waals surface area contributed by atoms with E-state index in [9.17, 15) is 13.2 Å². The Labute approximate surface area is 221 Å². The van der Waals surface area contributed by atoms with Crippen molar-refractivity contribution in [3.05, 3.63) is 84.4 Å². The molecule has 0 radical (unpaired) electrons. The average molecular weight is 542 g/mol. The molecule has 2 N–H and O–H groups in total. The van der Waals surface area contributed by atoms with Gasteiger partial charge in [0.25, 0.3) is 0 Å². The Hall–Kier alpha value is -3.70. The third-order valence-corrected chi connectivity index (χ3v) is 5.96. The van der Waals surface area contributed by atoms with E-state index in [1.807, 2.05) is 38.1 Å². The number of nitrogens with zero attached hydrogens (tertiary/aromatic N) is 3. The normalized spacial score (nSPS) is 11.2. The molecule has 37 heavy (non-hydrogen) atoms. The molecular weight excluding hydrogens is 519 g/mol. The van der Waals surface area contributed by atoms with Crippen LogP contribution in [0.15, 0.2) is 78.0 Å². The SMILES string of the molecule is CCc1nccc(-c2cccnc2Oc2ccc(NC(=S)Nc3cccc(SC(F)(F)F)c3)cc2C)n1. The van der Waals surface area contributed by atoms with Gasteiger partial charge in [-0.15, -0.1) is 0 Å². The minimum atomic E-state index is -4.36. The molecule has 0 aliphatic heterocycles. The van der Waals surface area contributed by atoms with Crippen LogP contribution in [0.25, 0.3) is 11.3 Å². The first-order valence-electron chi connectivity index (χ1n) is 11.2. The van der Waals surface area contributed by atoms with Crippen LogP contribution in [0, 0.1) is 6.92 Å². The molecule has 0 atom stereocenters. The molecule has 0 bridgehead atoms. The second-order valence-corrected chi connectivity index (χ2v) is 9.35. The van der Waals surface area contributed by atoms with Crippen LogP contribution in [0.1, 0.15) is 18.3 Å². The van der Waals surface area contributed by atoms with Gasteiger partial charge >= 0.3 is 5.51 Å². The monoisotopic (exact) mass is 541 g/mol. The highest BCUT2D eigenvalue weighted by molar-refractivity contribution is 8.00. The molecule has 4 aromatic rings. The summed E-state index contributed by atoms with van der Waals surface area (Å²) in [6.07, 6.45) is 4.08. The molecule has 4 rings (SSSR count). The number of thiocarbonyl (C=S) groups is 1. The van der Waals surface area contributed by atoms with E-state index in [-0.39, 0.29) is 21.8 Å². The van der Waals surface area contributed by atoms with Crippen molar-refractivity contribution in [1.29, 1.82) is 0 Å². The van der Waals surface area contributed by atoms with Crippen LogP contribution < -0.4 is 15.4 Å². The van der Waals surface area contributed by atoms with Gasteiger partial charge in [0.2, 0.25) is 5.88 Å². The molecule has 0 fully saturated rings. The molecule has 2 heterocycles. The maximum absolute atomic E-state index is 12.7. The largest absolute Gasteiger partial charge is 0.446 e. The standard InChI is InChI=1S/C26H22F3N5OS2/c1-3-23-30-13-11-21(34-23)20-8-5-12-31-24(20)35-22-10-9-18(14-16(22)2)33-25(36)32-17-6-4-7-19(15-17)37-26(27,28)29/h4-15H,3H2,1-2H3,(H2,32,33,36). The molecular formula is C26H22F3N5OS2. The quantitative estimate of drug-likeness (QED) is 0.183. The minimum Gasteiger partial charge on any atom is -0.438 e. The van der Waals surface area contributed by atoms with Gasteiger partial charge in [0.05, 0.1) is 11.3 Å². The number of anilines is 2. The van der Waals surface area contributed by atoms with Crippen molar-refractivity contribution < 1.29 is 17.9 Å². The Bertz CT molecular complexity index is 1420. The second-order valence-electron chi connectivity index (χ2n) is 7.80. The van der Waals surface area contributed by atoms with Crippen LogP contribution in [-0.4, -0.2) is 25.6 Å². The number of halogens is 3. The number of benzene rings is 2. The van der Waals surface area contributed by atoms with Gasteiger partial charge in [0, 0.05) is 35.1 Å². The lowest BCUT2D eigenvalue weighted by atomic mass is 10.1. The zero-order chi connectivity index (χ0) is 26.4. The third kappa shape index (κ3) is 7.40. The number of rotatable bonds is 7. The fourth-order valence-corrected chi connectivity index (χ4v) is 4.23. The van der Waals surface area contributed by atoms with Gasteiger partial charge in [-0.1, -0.05) is 13.0 Å². The van der Waals surface area contributed by atoms with Gasteiger partial charge in [0.15, 0.2) is 5.11 Å². The van der Waals surface area contributed by atoms with E-state index in [1.165, 1.54) is 18.2 Å². The van der Waals surface area contributed by atoms with Gasteiger partial charge in [0.1, 0.15) is 11.6 Å². The lowest BCUT2D eigenvalue weighted by Crippen LogP contribution is -2.19. The molecule has 0 unspecified atom stereocenters. The summed E-state index contributed by atoms with van der Waals surface area (Å²) in [5.74, 6) is 1.75.